The molecule has 0 aliphatic carbocycles. The Kier molecular flexibility index (Phi) is 7.16. The third kappa shape index (κ3) is 4.77. The van der Waals surface area contributed by atoms with E-state index in [2.05, 4.69) is 10.2 Å². The topological polar surface area (TPSA) is 96.9 Å². The van der Waals surface area contributed by atoms with E-state index in [0.29, 0.717) is 61.6 Å². The van der Waals surface area contributed by atoms with Gasteiger partial charge in [0.25, 0.3) is 0 Å². The quantitative estimate of drug-likeness (QED) is 0.512. The van der Waals surface area contributed by atoms with Crippen LogP contribution in [0.1, 0.15) is 34.6 Å². The minimum absolute atomic E-state index is 0.297. The van der Waals surface area contributed by atoms with Gasteiger partial charge in [0.2, 0.25) is 0 Å². The lowest BCUT2D eigenvalue weighted by Gasteiger charge is -2.35. The van der Waals surface area contributed by atoms with Crippen LogP contribution in [-0.2, 0) is 9.47 Å². The number of amides is 1. The number of nitrogens with one attached hydrogen (secondary N) is 1. The first-order valence-corrected chi connectivity index (χ1v) is 12.2. The lowest BCUT2D eigenvalue weighted by Crippen LogP contribution is -2.49. The summed E-state index contributed by atoms with van der Waals surface area (Å²) in [6.07, 6.45) is -0.297. The lowest BCUT2D eigenvalue weighted by molar-refractivity contribution is 0.0527. The maximum absolute atomic E-state index is 12.7. The van der Waals surface area contributed by atoms with Gasteiger partial charge in [-0.25, -0.2) is 19.6 Å². The monoisotopic (exact) mass is 483 g/mol. The number of hydrogen-bond acceptors (Lipinski definition) is 9. The second kappa shape index (κ2) is 10.3. The number of aryl methyl sites for hydroxylation is 1. The predicted molar refractivity (Wildman–Crippen MR) is 133 cm³/mol. The van der Waals surface area contributed by atoms with Crippen LogP contribution in [0.3, 0.4) is 0 Å². The van der Waals surface area contributed by atoms with E-state index in [0.717, 1.165) is 21.5 Å². The fourth-order valence-corrected chi connectivity index (χ4v) is 4.93. The van der Waals surface area contributed by atoms with Gasteiger partial charge in [0.05, 0.1) is 29.8 Å². The predicted octanol–water partition coefficient (Wildman–Crippen LogP) is 4.51. The van der Waals surface area contributed by atoms with Crippen LogP contribution in [0.15, 0.2) is 24.3 Å². The van der Waals surface area contributed by atoms with Crippen molar-refractivity contribution >= 4 is 51.1 Å². The third-order valence-corrected chi connectivity index (χ3v) is 6.88. The molecule has 1 fully saturated rings. The van der Waals surface area contributed by atoms with Gasteiger partial charge in [-0.05, 0) is 45.4 Å². The Morgan fingerprint density at radius 2 is 1.65 bits per heavy atom. The summed E-state index contributed by atoms with van der Waals surface area (Å²) in [6.45, 7) is 10.4. The number of hydrogen-bond donors (Lipinski definition) is 1. The number of carbonyl (C=O) groups is 2. The molecule has 0 atom stereocenters. The first-order chi connectivity index (χ1) is 16.4. The molecule has 180 valence electrons. The molecule has 1 amide bonds. The normalized spacial score (nSPS) is 13.8. The Labute approximate surface area is 202 Å². The number of piperazine rings is 1. The van der Waals surface area contributed by atoms with Crippen molar-refractivity contribution in [3.05, 3.63) is 40.3 Å². The highest BCUT2D eigenvalue weighted by molar-refractivity contribution is 7.16. The van der Waals surface area contributed by atoms with Crippen molar-refractivity contribution in [2.24, 2.45) is 0 Å². The zero-order valence-electron chi connectivity index (χ0n) is 19.9. The van der Waals surface area contributed by atoms with E-state index in [4.69, 9.17) is 19.4 Å². The Hall–Kier alpha value is -3.40. The number of rotatable bonds is 6. The van der Waals surface area contributed by atoms with Gasteiger partial charge in [-0.1, -0.05) is 12.1 Å². The molecule has 4 rings (SSSR count). The highest BCUT2D eigenvalue weighted by Crippen LogP contribution is 2.37. The summed E-state index contributed by atoms with van der Waals surface area (Å²) >= 11 is 1.49. The number of fused-ring (bicyclic) bond motifs is 1. The van der Waals surface area contributed by atoms with Crippen molar-refractivity contribution in [3.63, 3.8) is 0 Å². The molecule has 0 bridgehead atoms. The van der Waals surface area contributed by atoms with Gasteiger partial charge < -0.3 is 24.6 Å². The molecule has 1 aliphatic rings. The van der Waals surface area contributed by atoms with Gasteiger partial charge in [0.15, 0.2) is 11.6 Å². The van der Waals surface area contributed by atoms with Crippen molar-refractivity contribution < 1.29 is 19.1 Å². The number of carbonyl (C=O) groups excluding carboxylic acids is 2. The Morgan fingerprint density at radius 1 is 1.00 bits per heavy atom. The molecule has 3 aromatic rings. The molecule has 1 saturated heterocycles. The number of nitrogens with zero attached hydrogens (tertiary/aromatic N) is 4. The Morgan fingerprint density at radius 3 is 2.29 bits per heavy atom. The van der Waals surface area contributed by atoms with Crippen LogP contribution in [0, 0.1) is 13.8 Å². The van der Waals surface area contributed by atoms with Crippen molar-refractivity contribution in [3.8, 4) is 0 Å². The molecular formula is C24H29N5O4S. The molecule has 2 aromatic heterocycles. The summed E-state index contributed by atoms with van der Waals surface area (Å²) < 4.78 is 10.4. The smallest absolute Gasteiger partial charge is 0.409 e. The molecule has 0 radical (unpaired) electrons. The van der Waals surface area contributed by atoms with Gasteiger partial charge in [-0.3, -0.25) is 0 Å². The van der Waals surface area contributed by atoms with E-state index in [1.807, 2.05) is 38.1 Å². The van der Waals surface area contributed by atoms with E-state index in [1.165, 1.54) is 11.3 Å². The van der Waals surface area contributed by atoms with Crippen molar-refractivity contribution in [1.82, 2.24) is 14.9 Å². The third-order valence-electron chi connectivity index (χ3n) is 5.75. The van der Waals surface area contributed by atoms with Crippen LogP contribution < -0.4 is 10.2 Å². The van der Waals surface area contributed by atoms with Crippen LogP contribution in [0.5, 0.6) is 0 Å². The summed E-state index contributed by atoms with van der Waals surface area (Å²) in [5, 5.41) is 4.07. The maximum atomic E-state index is 12.7. The van der Waals surface area contributed by atoms with Gasteiger partial charge in [-0.15, -0.1) is 11.3 Å². The zero-order valence-corrected chi connectivity index (χ0v) is 20.7. The maximum Gasteiger partial charge on any atom is 0.409 e. The largest absolute Gasteiger partial charge is 0.462 e. The highest BCUT2D eigenvalue weighted by Gasteiger charge is 2.27. The molecule has 34 heavy (non-hydrogen) atoms. The second-order valence-electron chi connectivity index (χ2n) is 7.89. The number of para-hydroxylation sites is 2. The number of esters is 1. The molecule has 0 spiro atoms. The van der Waals surface area contributed by atoms with Gasteiger partial charge in [0, 0.05) is 31.1 Å². The number of anilines is 3. The number of thiophene rings is 1. The minimum Gasteiger partial charge on any atom is -0.462 e. The first-order valence-electron chi connectivity index (χ1n) is 11.4. The van der Waals surface area contributed by atoms with Crippen LogP contribution >= 0.6 is 11.3 Å². The lowest BCUT2D eigenvalue weighted by atomic mass is 10.1. The molecule has 0 saturated carbocycles. The van der Waals surface area contributed by atoms with Crippen LogP contribution in [-0.4, -0.2) is 66.3 Å². The summed E-state index contributed by atoms with van der Waals surface area (Å²) in [6, 6.07) is 7.68. The summed E-state index contributed by atoms with van der Waals surface area (Å²) in [7, 11) is 0. The first kappa shape index (κ1) is 23.7. The molecule has 1 N–H and O–H groups in total. The van der Waals surface area contributed by atoms with E-state index < -0.39 is 0 Å². The van der Waals surface area contributed by atoms with Crippen molar-refractivity contribution in [2.75, 3.05) is 49.6 Å². The van der Waals surface area contributed by atoms with E-state index in [9.17, 15) is 9.59 Å². The molecule has 1 aliphatic heterocycles. The molecule has 0 unspecified atom stereocenters. The fourth-order valence-electron chi connectivity index (χ4n) is 3.88. The molecule has 1 aromatic carbocycles. The summed E-state index contributed by atoms with van der Waals surface area (Å²) in [4.78, 5) is 39.4. The summed E-state index contributed by atoms with van der Waals surface area (Å²) in [5.41, 5.74) is 2.95. The summed E-state index contributed by atoms with van der Waals surface area (Å²) in [5.74, 6) is 0.890. The molecule has 10 heteroatoms. The number of ether oxygens (including phenoxy) is 2. The zero-order chi connectivity index (χ0) is 24.2. The van der Waals surface area contributed by atoms with Crippen LogP contribution in [0.2, 0.25) is 0 Å². The average molecular weight is 484 g/mol. The standard InChI is InChI=1S/C24H29N5O4S/c1-5-32-23(30)19-15(3)16(4)34-22(19)27-20-21(26-18-10-8-7-9-17(18)25-20)28-11-13-29(14-12-28)24(31)33-6-2/h7-10H,5-6,11-14H2,1-4H3,(H,25,27). The van der Waals surface area contributed by atoms with E-state index in [-0.39, 0.29) is 12.1 Å². The Balaban J connectivity index is 1.69. The van der Waals surface area contributed by atoms with E-state index in [1.54, 1.807) is 18.7 Å². The fraction of sp³-hybridized carbons (Fsp3) is 0.417. The second-order valence-corrected chi connectivity index (χ2v) is 9.12. The Bertz CT molecular complexity index is 1200. The SMILES string of the molecule is CCOC(=O)c1c(Nc2nc3ccccc3nc2N2CCN(C(=O)OCC)CC2)sc(C)c1C. The average Bonchev–Trinajstić information content (AvgIpc) is 3.11. The molecule has 3 heterocycles. The number of aromatic nitrogens is 2. The van der Waals surface area contributed by atoms with Crippen LogP contribution in [0.25, 0.3) is 11.0 Å². The van der Waals surface area contributed by atoms with Crippen LogP contribution in [0.4, 0.5) is 21.4 Å². The highest BCUT2D eigenvalue weighted by atomic mass is 32.1. The van der Waals surface area contributed by atoms with Gasteiger partial charge in [-0.2, -0.15) is 0 Å². The molecular weight excluding hydrogens is 454 g/mol. The molecule has 9 nitrogen and oxygen atoms in total. The van der Waals surface area contributed by atoms with Gasteiger partial charge in [0.1, 0.15) is 5.00 Å². The minimum atomic E-state index is -0.356. The number of benzene rings is 1. The van der Waals surface area contributed by atoms with Gasteiger partial charge >= 0.3 is 12.1 Å². The van der Waals surface area contributed by atoms with E-state index >= 15 is 0 Å². The van der Waals surface area contributed by atoms with Crippen molar-refractivity contribution in [2.45, 2.75) is 27.7 Å². The van der Waals surface area contributed by atoms with Crippen molar-refractivity contribution in [1.29, 1.82) is 0 Å².